The molecule has 21 heteroatoms. The summed E-state index contributed by atoms with van der Waals surface area (Å²) in [5.41, 5.74) is 18.4. The maximum atomic E-state index is 12.4. The Hall–Kier alpha value is -7.10. The van der Waals surface area contributed by atoms with E-state index in [0.29, 0.717) is 70.5 Å². The molecule has 0 bridgehead atoms. The van der Waals surface area contributed by atoms with E-state index in [9.17, 15) is 19.8 Å². The molecule has 10 rings (SSSR count). The number of nitrogens with zero attached hydrogens (tertiary/aromatic N) is 10. The van der Waals surface area contributed by atoms with Gasteiger partial charge in [-0.05, 0) is 86.9 Å². The second-order valence-electron chi connectivity index (χ2n) is 20.8. The first-order valence-electron chi connectivity index (χ1n) is 25.4. The number of halogens is 2. The summed E-state index contributed by atoms with van der Waals surface area (Å²) < 4.78 is 20.2. The Bertz CT molecular complexity index is 3380. The predicted molar refractivity (Wildman–Crippen MR) is 297 cm³/mol. The zero-order chi connectivity index (χ0) is 55.0. The lowest BCUT2D eigenvalue weighted by atomic mass is 9.91. The number of nitrogens with two attached hydrogens (primary N) is 2. The zero-order valence-electron chi connectivity index (χ0n) is 44.3. The van der Waals surface area contributed by atoms with Gasteiger partial charge >= 0.3 is 6.09 Å². The number of piperidine rings is 2. The Labute approximate surface area is 457 Å². The van der Waals surface area contributed by atoms with Crippen LogP contribution in [0.15, 0.2) is 61.7 Å². The first-order valence-corrected chi connectivity index (χ1v) is 26.2. The molecule has 2 amide bonds. The first kappa shape index (κ1) is 54.7. The molecular formula is C56H64Cl2N12O7. The number of ether oxygens (including phenoxy) is 3. The number of fused-ring (bicyclic) bond motifs is 2. The van der Waals surface area contributed by atoms with Crippen LogP contribution >= 0.6 is 23.2 Å². The molecule has 404 valence electrons. The molecule has 4 aliphatic heterocycles. The Morgan fingerprint density at radius 2 is 1.13 bits per heavy atom. The average molecular weight is 1090 g/mol. The van der Waals surface area contributed by atoms with E-state index in [4.69, 9.17) is 48.9 Å². The molecule has 77 heavy (non-hydrogen) atoms. The summed E-state index contributed by atoms with van der Waals surface area (Å²) in [4.78, 5) is 49.4. The molecule has 19 nitrogen and oxygen atoms in total. The molecule has 0 unspecified atom stereocenters. The van der Waals surface area contributed by atoms with Crippen molar-refractivity contribution in [2.24, 2.45) is 25.9 Å². The third-order valence-corrected chi connectivity index (χ3v) is 15.3. The average Bonchev–Trinajstić information content (AvgIpc) is 3.99. The minimum absolute atomic E-state index is 0.0125. The normalized spacial score (nSPS) is 20.2. The predicted octanol–water partition coefficient (Wildman–Crippen LogP) is 5.84. The van der Waals surface area contributed by atoms with Crippen molar-refractivity contribution in [1.82, 2.24) is 48.7 Å². The van der Waals surface area contributed by atoms with Crippen molar-refractivity contribution < 1.29 is 34.0 Å². The number of aryl methyl sites for hydroxylation is 2. The van der Waals surface area contributed by atoms with Gasteiger partial charge in [-0.3, -0.25) is 14.6 Å². The summed E-state index contributed by atoms with van der Waals surface area (Å²) in [6.07, 6.45) is 4.00. The van der Waals surface area contributed by atoms with Crippen LogP contribution in [0, 0.1) is 35.5 Å². The van der Waals surface area contributed by atoms with Crippen LogP contribution in [0.1, 0.15) is 45.0 Å². The van der Waals surface area contributed by atoms with E-state index in [1.807, 2.05) is 68.3 Å². The molecule has 0 radical (unpaired) electrons. The smallest absolute Gasteiger partial charge is 0.410 e. The van der Waals surface area contributed by atoms with Gasteiger partial charge in [0.1, 0.15) is 64.1 Å². The third-order valence-electron chi connectivity index (χ3n) is 14.7. The second-order valence-corrected chi connectivity index (χ2v) is 21.6. The number of carbonyl (C=O) groups is 2. The summed E-state index contributed by atoms with van der Waals surface area (Å²) in [6.45, 7) is 13.8. The Morgan fingerprint density at radius 3 is 1.53 bits per heavy atom. The molecule has 4 aliphatic rings. The van der Waals surface area contributed by atoms with E-state index < -0.39 is 17.8 Å². The number of likely N-dealkylation sites (tertiary alicyclic amines) is 4. The number of anilines is 2. The van der Waals surface area contributed by atoms with Gasteiger partial charge in [0.2, 0.25) is 5.91 Å². The van der Waals surface area contributed by atoms with Crippen LogP contribution < -0.4 is 20.9 Å². The van der Waals surface area contributed by atoms with Crippen molar-refractivity contribution in [3.8, 4) is 57.4 Å². The Balaban J connectivity index is 0.000000188. The molecule has 4 saturated heterocycles. The maximum Gasteiger partial charge on any atom is 0.410 e. The molecule has 2 aromatic carbocycles. The van der Waals surface area contributed by atoms with Crippen molar-refractivity contribution in [3.05, 3.63) is 83.1 Å². The molecule has 6 N–H and O–H groups in total. The van der Waals surface area contributed by atoms with Crippen LogP contribution in [-0.2, 0) is 23.6 Å². The number of amides is 2. The highest BCUT2D eigenvalue weighted by atomic mass is 35.5. The molecule has 0 aliphatic carbocycles. The molecule has 4 aromatic heterocycles. The summed E-state index contributed by atoms with van der Waals surface area (Å²) in [7, 11) is 6.98. The lowest BCUT2D eigenvalue weighted by molar-refractivity contribution is -0.132. The summed E-state index contributed by atoms with van der Waals surface area (Å²) in [5.74, 6) is 15.6. The monoisotopic (exact) mass is 1090 g/mol. The van der Waals surface area contributed by atoms with Crippen molar-refractivity contribution in [2.75, 3.05) is 78.0 Å². The van der Waals surface area contributed by atoms with Gasteiger partial charge in [-0.1, -0.05) is 53.8 Å². The van der Waals surface area contributed by atoms with Gasteiger partial charge in [-0.2, -0.15) is 0 Å². The van der Waals surface area contributed by atoms with Gasteiger partial charge in [0.25, 0.3) is 0 Å². The van der Waals surface area contributed by atoms with Crippen LogP contribution in [0.3, 0.4) is 0 Å². The highest BCUT2D eigenvalue weighted by Crippen LogP contribution is 2.41. The highest BCUT2D eigenvalue weighted by molar-refractivity contribution is 6.32. The number of carbonyl (C=O) groups excluding carboxylic acids is 2. The first-order chi connectivity index (χ1) is 36.8. The number of aromatic nitrogens is 6. The van der Waals surface area contributed by atoms with E-state index >= 15 is 0 Å². The number of nitrogen functional groups attached to an aromatic ring is 2. The third kappa shape index (κ3) is 11.2. The Kier molecular flexibility index (Phi) is 16.0. The number of β-amino-alcohol motifs (C(OH)–C–C–N with tert-alkyl or cyclic N) is 2. The van der Waals surface area contributed by atoms with Crippen molar-refractivity contribution in [2.45, 2.75) is 63.5 Å². The fourth-order valence-corrected chi connectivity index (χ4v) is 11.0. The van der Waals surface area contributed by atoms with E-state index in [1.165, 1.54) is 18.7 Å². The minimum atomic E-state index is -0.638. The topological polar surface area (TPSA) is 229 Å². The lowest BCUT2D eigenvalue weighted by Gasteiger charge is -2.47. The van der Waals surface area contributed by atoms with Crippen molar-refractivity contribution in [3.63, 3.8) is 0 Å². The number of benzene rings is 2. The fourth-order valence-electron chi connectivity index (χ4n) is 10.6. The molecule has 4 atom stereocenters. The van der Waals surface area contributed by atoms with Crippen molar-refractivity contribution in [1.29, 1.82) is 0 Å². The number of methoxy groups -OCH3 is 2. The largest absolute Gasteiger partial charge is 0.495 e. The molecule has 0 saturated carbocycles. The molecular weight excluding hydrogens is 1020 g/mol. The van der Waals surface area contributed by atoms with Gasteiger partial charge in [-0.15, -0.1) is 0 Å². The van der Waals surface area contributed by atoms with E-state index in [2.05, 4.69) is 60.0 Å². The number of hydrogen-bond acceptors (Lipinski definition) is 15. The summed E-state index contributed by atoms with van der Waals surface area (Å²) >= 11 is 12.6. The number of aliphatic hydroxyl groups excluding tert-OH is 2. The van der Waals surface area contributed by atoms with Crippen LogP contribution in [0.2, 0.25) is 10.0 Å². The number of aliphatic hydroxyl groups is 2. The number of hydrogen-bond donors (Lipinski definition) is 4. The van der Waals surface area contributed by atoms with Gasteiger partial charge in [0.15, 0.2) is 0 Å². The molecule has 6 aromatic rings. The van der Waals surface area contributed by atoms with E-state index in [-0.39, 0.29) is 42.5 Å². The SMILES string of the molecule is C=CC(=O)N1CC[C@H](N2CC(C#Cc3c(-c4ccc(Cl)c(OC)c4)c4c(N)ncnc4n3C)C2)[C@@H](O)C1.COc1cc(-c2c(C#CC3CN([C@H]4CCN(C(=O)OC(C)(C)C)C[C@@H]4O)C3)n(C)c3ncnc(N)c23)ccc1Cl. The standard InChI is InChI=1S/C29H35ClN6O4.C27H29ClN6O3/c1-29(2,3)40-28(38)35-11-10-20(22(37)15-35)36-13-17(14-36)6-9-21-24(18-7-8-19(30)23(12-18)39-5)25-26(31)32-16-33-27(25)34(21)4;1-4-23(36)33-10-9-19(21(35)14-33)34-12-16(13-34)5-8-20-24(17-6-7-18(28)22(11-17)37-3)25-26(29)30-15-31-27(25)32(20)2/h7-8,12,16-17,20,22,37H,10-11,13-15H2,1-5H3,(H2,31,32,33);4,6-7,11,15-16,19,21,35H,1,9-10,12-14H2,2-3H3,(H2,29,30,31)/t20-,22-;19-,21-/m00/s1. The lowest BCUT2D eigenvalue weighted by Crippen LogP contribution is -2.61. The fraction of sp³-hybridized carbons (Fsp3) is 0.429. The zero-order valence-corrected chi connectivity index (χ0v) is 45.8. The molecule has 0 spiro atoms. The van der Waals surface area contributed by atoms with E-state index in [1.54, 1.807) is 36.2 Å². The van der Waals surface area contributed by atoms with E-state index in [0.717, 1.165) is 77.0 Å². The highest BCUT2D eigenvalue weighted by Gasteiger charge is 2.41. The minimum Gasteiger partial charge on any atom is -0.495 e. The van der Waals surface area contributed by atoms with Crippen LogP contribution in [0.4, 0.5) is 16.4 Å². The quantitative estimate of drug-likeness (QED) is 0.109. The van der Waals surface area contributed by atoms with Gasteiger partial charge < -0.3 is 54.8 Å². The maximum absolute atomic E-state index is 12.4. The Morgan fingerprint density at radius 1 is 0.701 bits per heavy atom. The summed E-state index contributed by atoms with van der Waals surface area (Å²) in [6, 6.07) is 11.1. The van der Waals surface area contributed by atoms with Crippen LogP contribution in [0.5, 0.6) is 11.5 Å². The van der Waals surface area contributed by atoms with Gasteiger partial charge in [0.05, 0.1) is 53.8 Å². The van der Waals surface area contributed by atoms with Gasteiger partial charge in [0, 0.05) is 95.0 Å². The van der Waals surface area contributed by atoms with Crippen molar-refractivity contribution >= 4 is 68.9 Å². The molecule has 8 heterocycles. The summed E-state index contributed by atoms with van der Waals surface area (Å²) in [5, 5.41) is 23.9. The number of rotatable bonds is 7. The molecule has 4 fully saturated rings. The van der Waals surface area contributed by atoms with Crippen LogP contribution in [0.25, 0.3) is 44.3 Å². The second kappa shape index (κ2) is 22.5. The van der Waals surface area contributed by atoms with Crippen LogP contribution in [-0.4, -0.2) is 167 Å². The van der Waals surface area contributed by atoms with Gasteiger partial charge in [-0.25, -0.2) is 24.7 Å².